The van der Waals surface area contributed by atoms with Crippen LogP contribution in [-0.4, -0.2) is 45.4 Å². The molecule has 0 radical (unpaired) electrons. The Morgan fingerprint density at radius 3 is 2.52 bits per heavy atom. The van der Waals surface area contributed by atoms with Gasteiger partial charge in [0.25, 0.3) is 0 Å². The number of sulfonamides is 1. The molecule has 0 bridgehead atoms. The van der Waals surface area contributed by atoms with Crippen molar-refractivity contribution < 1.29 is 17.9 Å². The molecule has 2 aromatic carbocycles. The number of nitrogens with one attached hydrogen (secondary N) is 2. The van der Waals surface area contributed by atoms with Crippen LogP contribution in [-0.2, 0) is 14.8 Å². The summed E-state index contributed by atoms with van der Waals surface area (Å²) < 4.78 is 33.5. The standard InChI is InChI=1S/C20H24BrN3O4S/c1-28-19-10-9-15(29(26,27)24-11-5-2-6-12-24)13-18(19)23-20(25)14-22-17-8-4-3-7-16(17)21/h3-4,7-10,13,22H,2,5-6,11-12,14H2,1H3,(H,23,25). The number of para-hydroxylation sites is 1. The highest BCUT2D eigenvalue weighted by Gasteiger charge is 2.27. The van der Waals surface area contributed by atoms with Crippen LogP contribution in [0, 0.1) is 0 Å². The lowest BCUT2D eigenvalue weighted by Crippen LogP contribution is -2.35. The number of carbonyl (C=O) groups excluding carboxylic acids is 1. The van der Waals surface area contributed by atoms with Gasteiger partial charge in [-0.25, -0.2) is 8.42 Å². The molecule has 9 heteroatoms. The number of methoxy groups -OCH3 is 1. The molecule has 1 aliphatic rings. The summed E-state index contributed by atoms with van der Waals surface area (Å²) in [6.45, 7) is 1.06. The Hall–Kier alpha value is -2.10. The van der Waals surface area contributed by atoms with E-state index >= 15 is 0 Å². The fourth-order valence-corrected chi connectivity index (χ4v) is 5.14. The molecule has 0 atom stereocenters. The van der Waals surface area contributed by atoms with E-state index in [1.54, 1.807) is 6.07 Å². The van der Waals surface area contributed by atoms with E-state index in [4.69, 9.17) is 4.74 Å². The summed E-state index contributed by atoms with van der Waals surface area (Å²) in [5.74, 6) is 0.0865. The molecule has 1 heterocycles. The largest absolute Gasteiger partial charge is 0.495 e. The van der Waals surface area contributed by atoms with E-state index in [0.717, 1.165) is 29.4 Å². The molecular formula is C20H24BrN3O4S. The molecule has 1 saturated heterocycles. The fourth-order valence-electron chi connectivity index (χ4n) is 3.17. The van der Waals surface area contributed by atoms with Crippen molar-refractivity contribution in [3.63, 3.8) is 0 Å². The van der Waals surface area contributed by atoms with Crippen LogP contribution in [0.15, 0.2) is 51.8 Å². The molecule has 1 fully saturated rings. The van der Waals surface area contributed by atoms with Crippen molar-refractivity contribution in [2.45, 2.75) is 24.2 Å². The quantitative estimate of drug-likeness (QED) is 0.629. The van der Waals surface area contributed by atoms with Crippen molar-refractivity contribution in [1.29, 1.82) is 0 Å². The monoisotopic (exact) mass is 481 g/mol. The number of benzene rings is 2. The molecule has 1 amide bonds. The maximum atomic E-state index is 12.9. The Morgan fingerprint density at radius 1 is 1.10 bits per heavy atom. The summed E-state index contributed by atoms with van der Waals surface area (Å²) in [7, 11) is -2.13. The number of halogens is 1. The van der Waals surface area contributed by atoms with Gasteiger partial charge in [0.2, 0.25) is 15.9 Å². The van der Waals surface area contributed by atoms with Gasteiger partial charge in [0, 0.05) is 23.2 Å². The first-order valence-electron chi connectivity index (χ1n) is 9.38. The molecular weight excluding hydrogens is 458 g/mol. The van der Waals surface area contributed by atoms with Crippen LogP contribution in [0.3, 0.4) is 0 Å². The average Bonchev–Trinajstić information content (AvgIpc) is 2.73. The molecule has 0 aliphatic carbocycles. The average molecular weight is 482 g/mol. The molecule has 0 spiro atoms. The van der Waals surface area contributed by atoms with Crippen molar-refractivity contribution in [2.24, 2.45) is 0 Å². The SMILES string of the molecule is COc1ccc(S(=O)(=O)N2CCCCC2)cc1NC(=O)CNc1ccccc1Br. The second-order valence-corrected chi connectivity index (χ2v) is 9.50. The lowest BCUT2D eigenvalue weighted by atomic mass is 10.2. The lowest BCUT2D eigenvalue weighted by molar-refractivity contribution is -0.114. The topological polar surface area (TPSA) is 87.7 Å². The Labute approximate surface area is 179 Å². The molecule has 7 nitrogen and oxygen atoms in total. The number of carbonyl (C=O) groups is 1. The van der Waals surface area contributed by atoms with E-state index in [2.05, 4.69) is 26.6 Å². The molecule has 3 rings (SSSR count). The molecule has 2 aromatic rings. The van der Waals surface area contributed by atoms with Gasteiger partial charge in [-0.15, -0.1) is 0 Å². The van der Waals surface area contributed by atoms with Crippen molar-refractivity contribution in [1.82, 2.24) is 4.31 Å². The minimum absolute atomic E-state index is 0.0227. The smallest absolute Gasteiger partial charge is 0.243 e. The van der Waals surface area contributed by atoms with Gasteiger partial charge in [-0.05, 0) is 59.1 Å². The predicted octanol–water partition coefficient (Wildman–Crippen LogP) is 3.68. The van der Waals surface area contributed by atoms with Gasteiger partial charge in [-0.1, -0.05) is 18.6 Å². The van der Waals surface area contributed by atoms with Crippen LogP contribution in [0.25, 0.3) is 0 Å². The zero-order valence-electron chi connectivity index (χ0n) is 16.2. The lowest BCUT2D eigenvalue weighted by Gasteiger charge is -2.26. The highest BCUT2D eigenvalue weighted by molar-refractivity contribution is 9.10. The minimum Gasteiger partial charge on any atom is -0.495 e. The zero-order valence-corrected chi connectivity index (χ0v) is 18.6. The molecule has 156 valence electrons. The number of piperidine rings is 1. The normalized spacial score (nSPS) is 15.0. The molecule has 0 unspecified atom stereocenters. The summed E-state index contributed by atoms with van der Waals surface area (Å²) >= 11 is 3.42. The first-order chi connectivity index (χ1) is 13.9. The summed E-state index contributed by atoms with van der Waals surface area (Å²) in [5.41, 5.74) is 1.11. The molecule has 2 N–H and O–H groups in total. The third-order valence-electron chi connectivity index (χ3n) is 4.71. The number of ether oxygens (including phenoxy) is 1. The number of amides is 1. The number of anilines is 2. The van der Waals surface area contributed by atoms with E-state index in [-0.39, 0.29) is 17.3 Å². The number of nitrogens with zero attached hydrogens (tertiary/aromatic N) is 1. The summed E-state index contributed by atoms with van der Waals surface area (Å²) in [4.78, 5) is 12.6. The van der Waals surface area contributed by atoms with Crippen molar-refractivity contribution in [3.05, 3.63) is 46.9 Å². The number of hydrogen-bond acceptors (Lipinski definition) is 5. The van der Waals surface area contributed by atoms with Crippen LogP contribution in [0.4, 0.5) is 11.4 Å². The number of hydrogen-bond donors (Lipinski definition) is 2. The summed E-state index contributed by atoms with van der Waals surface area (Å²) in [5, 5.41) is 5.78. The Morgan fingerprint density at radius 2 is 1.83 bits per heavy atom. The summed E-state index contributed by atoms with van der Waals surface area (Å²) in [6.07, 6.45) is 2.76. The van der Waals surface area contributed by atoms with Crippen LogP contribution in [0.1, 0.15) is 19.3 Å². The van der Waals surface area contributed by atoms with Gasteiger partial charge < -0.3 is 15.4 Å². The zero-order chi connectivity index (χ0) is 20.9. The molecule has 0 saturated carbocycles. The third-order valence-corrected chi connectivity index (χ3v) is 7.30. The maximum absolute atomic E-state index is 12.9. The van der Waals surface area contributed by atoms with E-state index < -0.39 is 10.0 Å². The molecule has 29 heavy (non-hydrogen) atoms. The van der Waals surface area contributed by atoms with Gasteiger partial charge in [0.1, 0.15) is 5.75 Å². The maximum Gasteiger partial charge on any atom is 0.243 e. The van der Waals surface area contributed by atoms with Crippen LogP contribution >= 0.6 is 15.9 Å². The first-order valence-corrected chi connectivity index (χ1v) is 11.6. The van der Waals surface area contributed by atoms with Gasteiger partial charge in [0.05, 0.1) is 24.2 Å². The Bertz CT molecular complexity index is 975. The van der Waals surface area contributed by atoms with Gasteiger partial charge >= 0.3 is 0 Å². The van der Waals surface area contributed by atoms with Crippen LogP contribution < -0.4 is 15.4 Å². The Kier molecular flexibility index (Phi) is 7.15. The van der Waals surface area contributed by atoms with Gasteiger partial charge in [-0.3, -0.25) is 4.79 Å². The van der Waals surface area contributed by atoms with E-state index in [9.17, 15) is 13.2 Å². The van der Waals surface area contributed by atoms with Gasteiger partial charge in [-0.2, -0.15) is 4.31 Å². The van der Waals surface area contributed by atoms with Crippen molar-refractivity contribution >= 4 is 43.2 Å². The van der Waals surface area contributed by atoms with Crippen LogP contribution in [0.5, 0.6) is 5.75 Å². The van der Waals surface area contributed by atoms with Gasteiger partial charge in [0.15, 0.2) is 0 Å². The first kappa shape index (κ1) is 21.6. The van der Waals surface area contributed by atoms with Crippen molar-refractivity contribution in [2.75, 3.05) is 37.4 Å². The van der Waals surface area contributed by atoms with Crippen LogP contribution in [0.2, 0.25) is 0 Å². The van der Waals surface area contributed by atoms with Crippen molar-refractivity contribution in [3.8, 4) is 5.75 Å². The highest BCUT2D eigenvalue weighted by atomic mass is 79.9. The second-order valence-electron chi connectivity index (χ2n) is 6.71. The highest BCUT2D eigenvalue weighted by Crippen LogP contribution is 2.30. The third kappa shape index (κ3) is 5.29. The van der Waals surface area contributed by atoms with E-state index in [1.165, 1.54) is 23.5 Å². The minimum atomic E-state index is -3.60. The Balaban J connectivity index is 1.75. The number of rotatable bonds is 7. The fraction of sp³-hybridized carbons (Fsp3) is 0.350. The second kappa shape index (κ2) is 9.60. The summed E-state index contributed by atoms with van der Waals surface area (Å²) in [6, 6.07) is 12.0. The van der Waals surface area contributed by atoms with E-state index in [0.29, 0.717) is 24.5 Å². The molecule has 0 aromatic heterocycles. The molecule has 1 aliphatic heterocycles. The van der Waals surface area contributed by atoms with E-state index in [1.807, 2.05) is 24.3 Å². The predicted molar refractivity (Wildman–Crippen MR) is 117 cm³/mol.